The number of benzene rings is 3. The van der Waals surface area contributed by atoms with E-state index in [0.29, 0.717) is 28.9 Å². The highest BCUT2D eigenvalue weighted by Crippen LogP contribution is 2.33. The lowest BCUT2D eigenvalue weighted by Crippen LogP contribution is -2.21. The van der Waals surface area contributed by atoms with E-state index in [9.17, 15) is 14.3 Å². The number of nitrogens with one attached hydrogen (secondary N) is 2. The minimum Gasteiger partial charge on any atom is -0.390 e. The average Bonchev–Trinajstić information content (AvgIpc) is 3.39. The number of imidazole rings is 2. The number of anilines is 1. The maximum absolute atomic E-state index is 14.4. The molecule has 1 amide bonds. The van der Waals surface area contributed by atoms with Crippen molar-refractivity contribution in [2.45, 2.75) is 45.8 Å². The van der Waals surface area contributed by atoms with Gasteiger partial charge in [0.2, 0.25) is 5.95 Å². The van der Waals surface area contributed by atoms with Crippen molar-refractivity contribution >= 4 is 57.1 Å². The number of carbonyl (C=O) groups excluding carboxylic acids is 1. The second kappa shape index (κ2) is 9.69. The fraction of sp³-hybridized carbons (Fsp3) is 0.250. The number of hydrogen-bond acceptors (Lipinski definition) is 4. The van der Waals surface area contributed by atoms with Crippen LogP contribution in [0.25, 0.3) is 33.5 Å². The summed E-state index contributed by atoms with van der Waals surface area (Å²) in [5, 5.41) is 13.5. The van der Waals surface area contributed by atoms with Crippen molar-refractivity contribution < 1.29 is 14.3 Å². The van der Waals surface area contributed by atoms with Crippen LogP contribution in [-0.2, 0) is 6.42 Å². The fourth-order valence-electron chi connectivity index (χ4n) is 4.59. The fourth-order valence-corrected chi connectivity index (χ4v) is 5.10. The van der Waals surface area contributed by atoms with Crippen LogP contribution in [0.1, 0.15) is 49.7 Å². The number of nitrogens with zero attached hydrogens (tertiary/aromatic N) is 3. The Balaban J connectivity index is 1.50. The van der Waals surface area contributed by atoms with Crippen molar-refractivity contribution in [3.05, 3.63) is 75.5 Å². The van der Waals surface area contributed by atoms with Crippen LogP contribution >= 0.6 is 23.2 Å². The lowest BCUT2D eigenvalue weighted by molar-refractivity contribution is 0.0810. The minimum absolute atomic E-state index is 0.0159. The van der Waals surface area contributed by atoms with E-state index in [-0.39, 0.29) is 33.0 Å². The Kier molecular flexibility index (Phi) is 6.67. The van der Waals surface area contributed by atoms with Crippen molar-refractivity contribution in [3.8, 4) is 11.4 Å². The molecule has 5 rings (SSSR count). The van der Waals surface area contributed by atoms with Gasteiger partial charge in [-0.15, -0.1) is 0 Å². The largest absolute Gasteiger partial charge is 0.390 e. The molecule has 0 aliphatic heterocycles. The molecule has 7 nitrogen and oxygen atoms in total. The van der Waals surface area contributed by atoms with E-state index in [2.05, 4.69) is 20.3 Å². The number of aliphatic hydroxyl groups is 1. The van der Waals surface area contributed by atoms with Crippen LogP contribution in [0.15, 0.2) is 48.5 Å². The Labute approximate surface area is 228 Å². The highest BCUT2D eigenvalue weighted by Gasteiger charge is 2.21. The average molecular weight is 554 g/mol. The topological polar surface area (TPSA) is 95.8 Å². The number of H-pyrrole nitrogens is 1. The summed E-state index contributed by atoms with van der Waals surface area (Å²) in [6.07, 6.45) is 0.474. The summed E-state index contributed by atoms with van der Waals surface area (Å²) >= 11 is 12.7. The van der Waals surface area contributed by atoms with Gasteiger partial charge in [-0.1, -0.05) is 35.3 Å². The third-order valence-electron chi connectivity index (χ3n) is 6.13. The van der Waals surface area contributed by atoms with Gasteiger partial charge in [-0.2, -0.15) is 0 Å². The van der Waals surface area contributed by atoms with Crippen LogP contribution in [-0.4, -0.2) is 36.1 Å². The minimum atomic E-state index is -0.854. The van der Waals surface area contributed by atoms with Gasteiger partial charge in [-0.25, -0.2) is 14.4 Å². The zero-order chi connectivity index (χ0) is 27.4. The number of aromatic amines is 1. The lowest BCUT2D eigenvalue weighted by atomic mass is 9.98. The number of amides is 1. The molecular formula is C28H26Cl2FN5O2. The Morgan fingerprint density at radius 2 is 1.89 bits per heavy atom. The summed E-state index contributed by atoms with van der Waals surface area (Å²) in [5.41, 5.74) is 2.93. The molecule has 3 aromatic carbocycles. The third-order valence-corrected chi connectivity index (χ3v) is 6.74. The van der Waals surface area contributed by atoms with E-state index in [1.807, 2.05) is 36.6 Å². The number of rotatable bonds is 6. The summed E-state index contributed by atoms with van der Waals surface area (Å²) in [5.74, 6) is -0.335. The number of hydrogen-bond donors (Lipinski definition) is 3. The molecule has 3 N–H and O–H groups in total. The number of fused-ring (bicyclic) bond motifs is 2. The van der Waals surface area contributed by atoms with Crippen LogP contribution in [0.3, 0.4) is 0 Å². The summed E-state index contributed by atoms with van der Waals surface area (Å²) in [7, 11) is 0. The highest BCUT2D eigenvalue weighted by atomic mass is 35.5. The molecule has 38 heavy (non-hydrogen) atoms. The van der Waals surface area contributed by atoms with Gasteiger partial charge in [0.15, 0.2) is 0 Å². The Hall–Kier alpha value is -3.46. The monoisotopic (exact) mass is 553 g/mol. The molecule has 2 heterocycles. The molecule has 0 saturated heterocycles. The first-order valence-electron chi connectivity index (χ1n) is 12.1. The predicted molar refractivity (Wildman–Crippen MR) is 150 cm³/mol. The van der Waals surface area contributed by atoms with Crippen LogP contribution in [0.2, 0.25) is 10.0 Å². The molecule has 0 atom stereocenters. The maximum Gasteiger partial charge on any atom is 0.258 e. The second-order valence-electron chi connectivity index (χ2n) is 10.2. The molecule has 2 aromatic heterocycles. The molecular weight excluding hydrogens is 528 g/mol. The van der Waals surface area contributed by atoms with Gasteiger partial charge in [0.25, 0.3) is 5.91 Å². The molecule has 0 aliphatic rings. The smallest absolute Gasteiger partial charge is 0.258 e. The normalized spacial score (nSPS) is 12.1. The predicted octanol–water partition coefficient (Wildman–Crippen LogP) is 7.17. The zero-order valence-electron chi connectivity index (χ0n) is 21.2. The van der Waals surface area contributed by atoms with Crippen molar-refractivity contribution in [1.82, 2.24) is 19.5 Å². The first-order valence-corrected chi connectivity index (χ1v) is 12.8. The first kappa shape index (κ1) is 26.2. The van der Waals surface area contributed by atoms with E-state index < -0.39 is 17.3 Å². The van der Waals surface area contributed by atoms with Gasteiger partial charge in [0, 0.05) is 18.0 Å². The van der Waals surface area contributed by atoms with E-state index in [1.54, 1.807) is 26.0 Å². The van der Waals surface area contributed by atoms with E-state index in [4.69, 9.17) is 23.2 Å². The second-order valence-corrected chi connectivity index (χ2v) is 11.0. The van der Waals surface area contributed by atoms with Crippen molar-refractivity contribution in [1.29, 1.82) is 0 Å². The highest BCUT2D eigenvalue weighted by molar-refractivity contribution is 6.36. The molecule has 0 radical (unpaired) electrons. The van der Waals surface area contributed by atoms with Gasteiger partial charge in [0.1, 0.15) is 17.2 Å². The zero-order valence-corrected chi connectivity index (χ0v) is 22.7. The van der Waals surface area contributed by atoms with Gasteiger partial charge in [0.05, 0.1) is 37.8 Å². The molecule has 0 spiro atoms. The Bertz CT molecular complexity index is 1680. The molecule has 0 bridgehead atoms. The number of aromatic nitrogens is 4. The summed E-state index contributed by atoms with van der Waals surface area (Å²) in [6.45, 7) is 7.52. The molecule has 0 fully saturated rings. The molecule has 0 aliphatic carbocycles. The van der Waals surface area contributed by atoms with Crippen LogP contribution in [0.5, 0.6) is 0 Å². The number of halogens is 3. The SMILES string of the molecule is CC(C)n1c(NC(=O)c2cc(Cl)c3nc(-c4c(F)cccc4Cl)[nH]c3c2)nc2cc(CC(C)(C)O)ccc21. The van der Waals surface area contributed by atoms with E-state index >= 15 is 0 Å². The standard InChI is InChI=1S/C28H26Cl2FN5O2/c1-14(2)36-22-9-8-15(13-28(3,4)38)10-20(22)33-27(36)35-26(37)16-11-18(30)24-21(12-16)32-25(34-24)23-17(29)6-5-7-19(23)31/h5-12,14,38H,13H2,1-4H3,(H,32,34)(H,33,35,37). The van der Waals surface area contributed by atoms with Gasteiger partial charge >= 0.3 is 0 Å². The molecule has 0 saturated carbocycles. The van der Waals surface area contributed by atoms with Crippen LogP contribution < -0.4 is 5.32 Å². The quantitative estimate of drug-likeness (QED) is 0.207. The molecule has 196 valence electrons. The third kappa shape index (κ3) is 4.99. The van der Waals surface area contributed by atoms with Crippen molar-refractivity contribution in [2.75, 3.05) is 5.32 Å². The lowest BCUT2D eigenvalue weighted by Gasteiger charge is -2.17. The number of carbonyl (C=O) groups is 1. The van der Waals surface area contributed by atoms with Gasteiger partial charge in [-0.05, 0) is 69.7 Å². The summed E-state index contributed by atoms with van der Waals surface area (Å²) < 4.78 is 16.4. The van der Waals surface area contributed by atoms with Crippen molar-refractivity contribution in [3.63, 3.8) is 0 Å². The van der Waals surface area contributed by atoms with Crippen molar-refractivity contribution in [2.24, 2.45) is 0 Å². The summed E-state index contributed by atoms with van der Waals surface area (Å²) in [6, 6.07) is 13.3. The molecule has 0 unspecified atom stereocenters. The first-order chi connectivity index (χ1) is 17.9. The maximum atomic E-state index is 14.4. The van der Waals surface area contributed by atoms with Gasteiger partial charge in [-0.3, -0.25) is 10.1 Å². The Morgan fingerprint density at radius 1 is 1.13 bits per heavy atom. The summed E-state index contributed by atoms with van der Waals surface area (Å²) in [4.78, 5) is 25.4. The molecule has 5 aromatic rings. The van der Waals surface area contributed by atoms with Gasteiger partial charge < -0.3 is 14.7 Å². The van der Waals surface area contributed by atoms with Crippen LogP contribution in [0, 0.1) is 5.82 Å². The molecule has 10 heteroatoms. The van der Waals surface area contributed by atoms with E-state index in [1.165, 1.54) is 18.2 Å². The van der Waals surface area contributed by atoms with Crippen LogP contribution in [0.4, 0.5) is 10.3 Å². The Morgan fingerprint density at radius 3 is 2.58 bits per heavy atom. The van der Waals surface area contributed by atoms with E-state index in [0.717, 1.165) is 11.1 Å².